The average molecular weight is 471 g/mol. The fourth-order valence-corrected chi connectivity index (χ4v) is 2.67. The molecule has 4 heteroatoms. The first kappa shape index (κ1) is 28.9. The molecule has 0 saturated heterocycles. The number of carbonyl (C=O) groups is 2. The maximum atomic E-state index is 10.4. The molecule has 0 spiro atoms. The van der Waals surface area contributed by atoms with Gasteiger partial charge in [-0.2, -0.15) is 0 Å². The molecule has 0 fully saturated rings. The fraction of sp³-hybridized carbons (Fsp3) is 0.161. The van der Waals surface area contributed by atoms with Crippen molar-refractivity contribution in [3.8, 4) is 0 Å². The van der Waals surface area contributed by atoms with Gasteiger partial charge >= 0.3 is 11.9 Å². The average Bonchev–Trinajstić information content (AvgIpc) is 2.83. The van der Waals surface area contributed by atoms with E-state index in [1.165, 1.54) is 16.7 Å². The predicted octanol–water partition coefficient (Wildman–Crippen LogP) is 7.68. The summed E-state index contributed by atoms with van der Waals surface area (Å²) in [6.45, 7) is 10.1. The summed E-state index contributed by atoms with van der Waals surface area (Å²) in [7, 11) is 0. The van der Waals surface area contributed by atoms with Crippen LogP contribution in [0.2, 0.25) is 0 Å². The van der Waals surface area contributed by atoms with Gasteiger partial charge in [0.05, 0.1) is 11.1 Å². The van der Waals surface area contributed by atoms with E-state index in [-0.39, 0.29) is 0 Å². The number of hydrogen-bond donors (Lipinski definition) is 2. The second kappa shape index (κ2) is 15.6. The Bertz CT molecular complexity index is 1160. The van der Waals surface area contributed by atoms with Crippen molar-refractivity contribution < 1.29 is 19.8 Å². The Morgan fingerprint density at radius 1 is 0.457 bits per heavy atom. The lowest BCUT2D eigenvalue weighted by Gasteiger charge is -1.93. The van der Waals surface area contributed by atoms with E-state index in [1.54, 1.807) is 42.5 Å². The summed E-state index contributed by atoms with van der Waals surface area (Å²) in [5.74, 6) is -1.75. The van der Waals surface area contributed by atoms with Crippen molar-refractivity contribution in [3.05, 3.63) is 142 Å². The van der Waals surface area contributed by atoms with Crippen LogP contribution in [-0.2, 0) is 0 Å². The lowest BCUT2D eigenvalue weighted by atomic mass is 10.1. The van der Waals surface area contributed by atoms with E-state index in [2.05, 4.69) is 57.2 Å². The van der Waals surface area contributed by atoms with E-state index in [0.717, 1.165) is 11.1 Å². The number of hydrogen-bond acceptors (Lipinski definition) is 2. The molecule has 0 unspecified atom stereocenters. The molecule has 2 N–H and O–H groups in total. The van der Waals surface area contributed by atoms with Crippen LogP contribution in [0.1, 0.15) is 48.5 Å². The highest BCUT2D eigenvalue weighted by Gasteiger charge is 1.99. The topological polar surface area (TPSA) is 74.6 Å². The van der Waals surface area contributed by atoms with E-state index in [1.807, 2.05) is 38.1 Å². The Morgan fingerprint density at radius 3 is 1.23 bits per heavy atom. The molecule has 0 aromatic heterocycles. The van der Waals surface area contributed by atoms with Gasteiger partial charge in [-0.25, -0.2) is 9.59 Å². The molecule has 4 aromatic rings. The highest BCUT2D eigenvalue weighted by Crippen LogP contribution is 2.04. The summed E-state index contributed by atoms with van der Waals surface area (Å²) in [6.07, 6.45) is 0. The third kappa shape index (κ3) is 12.6. The van der Waals surface area contributed by atoms with Gasteiger partial charge in [-0.3, -0.25) is 0 Å². The molecule has 0 aliphatic heterocycles. The summed E-state index contributed by atoms with van der Waals surface area (Å²) in [4.78, 5) is 20.7. The Morgan fingerprint density at radius 2 is 0.886 bits per heavy atom. The Labute approximate surface area is 208 Å². The van der Waals surface area contributed by atoms with Crippen LogP contribution in [0.3, 0.4) is 0 Å². The highest BCUT2D eigenvalue weighted by atomic mass is 16.4. The van der Waals surface area contributed by atoms with Crippen LogP contribution < -0.4 is 0 Å². The quantitative estimate of drug-likeness (QED) is 0.315. The van der Waals surface area contributed by atoms with E-state index < -0.39 is 11.9 Å². The standard InChI is InChI=1S/2C8H8O2.C8H10.C7H8/c1-6-2-4-7(5-3-6)8(9)10;1-6-3-2-4-7(5-6)8(9)10;1-7-5-3-4-6-8(7)2;1-7-5-3-2-4-6-7/h2*2-5H,1H3,(H,9,10);3-6H,1-2H3;2-6H,1H3. The Hall–Kier alpha value is -4.18. The molecule has 35 heavy (non-hydrogen) atoms. The van der Waals surface area contributed by atoms with Gasteiger partial charge in [0.25, 0.3) is 0 Å². The maximum absolute atomic E-state index is 10.4. The smallest absolute Gasteiger partial charge is 0.335 e. The molecule has 4 rings (SSSR count). The molecule has 4 nitrogen and oxygen atoms in total. The molecule has 0 bridgehead atoms. The second-order valence-electron chi connectivity index (χ2n) is 8.08. The third-order valence-electron chi connectivity index (χ3n) is 4.93. The van der Waals surface area contributed by atoms with Gasteiger partial charge in [0, 0.05) is 0 Å². The van der Waals surface area contributed by atoms with Crippen LogP contribution in [0.5, 0.6) is 0 Å². The molecular weight excluding hydrogens is 436 g/mol. The summed E-state index contributed by atoms with van der Waals surface area (Å²) < 4.78 is 0. The van der Waals surface area contributed by atoms with Gasteiger partial charge in [0.15, 0.2) is 0 Å². The largest absolute Gasteiger partial charge is 0.478 e. The monoisotopic (exact) mass is 470 g/mol. The number of aryl methyl sites for hydroxylation is 5. The molecule has 0 heterocycles. The summed E-state index contributed by atoms with van der Waals surface area (Å²) in [6, 6.07) is 32.2. The van der Waals surface area contributed by atoms with E-state index in [0.29, 0.717) is 11.1 Å². The molecule has 0 radical (unpaired) electrons. The van der Waals surface area contributed by atoms with Crippen LogP contribution in [0.15, 0.2) is 103 Å². The van der Waals surface area contributed by atoms with Gasteiger partial charge in [0.1, 0.15) is 0 Å². The van der Waals surface area contributed by atoms with Crippen molar-refractivity contribution in [3.63, 3.8) is 0 Å². The lowest BCUT2D eigenvalue weighted by Crippen LogP contribution is -1.95. The van der Waals surface area contributed by atoms with Crippen molar-refractivity contribution in [2.45, 2.75) is 34.6 Å². The van der Waals surface area contributed by atoms with Crippen molar-refractivity contribution in [1.82, 2.24) is 0 Å². The third-order valence-corrected chi connectivity index (χ3v) is 4.93. The zero-order chi connectivity index (χ0) is 26.2. The van der Waals surface area contributed by atoms with Crippen LogP contribution in [0, 0.1) is 34.6 Å². The molecule has 0 aliphatic rings. The van der Waals surface area contributed by atoms with Gasteiger partial charge in [0.2, 0.25) is 0 Å². The van der Waals surface area contributed by atoms with Gasteiger partial charge < -0.3 is 10.2 Å². The second-order valence-corrected chi connectivity index (χ2v) is 8.08. The van der Waals surface area contributed by atoms with Crippen LogP contribution in [0.25, 0.3) is 0 Å². The molecular formula is C31H34O4. The maximum Gasteiger partial charge on any atom is 0.335 e. The minimum Gasteiger partial charge on any atom is -0.478 e. The van der Waals surface area contributed by atoms with Crippen molar-refractivity contribution in [2.24, 2.45) is 0 Å². The van der Waals surface area contributed by atoms with Gasteiger partial charge in [-0.15, -0.1) is 0 Å². The molecule has 182 valence electrons. The van der Waals surface area contributed by atoms with Crippen molar-refractivity contribution in [1.29, 1.82) is 0 Å². The van der Waals surface area contributed by atoms with E-state index in [9.17, 15) is 9.59 Å². The first-order valence-corrected chi connectivity index (χ1v) is 11.2. The minimum absolute atomic E-state index is 0.339. The van der Waals surface area contributed by atoms with Crippen LogP contribution in [0.4, 0.5) is 0 Å². The normalized spacial score (nSPS) is 9.17. The zero-order valence-electron chi connectivity index (χ0n) is 21.0. The first-order valence-electron chi connectivity index (χ1n) is 11.2. The zero-order valence-corrected chi connectivity index (χ0v) is 21.0. The predicted molar refractivity (Wildman–Crippen MR) is 143 cm³/mol. The molecule has 0 aliphatic carbocycles. The number of carboxylic acids is 2. The number of carboxylic acid groups (broad SMARTS) is 2. The number of rotatable bonds is 2. The number of aromatic carboxylic acids is 2. The van der Waals surface area contributed by atoms with E-state index >= 15 is 0 Å². The molecule has 0 saturated carbocycles. The fourth-order valence-electron chi connectivity index (χ4n) is 2.67. The summed E-state index contributed by atoms with van der Waals surface area (Å²) in [5, 5.41) is 17.0. The molecule has 0 atom stereocenters. The summed E-state index contributed by atoms with van der Waals surface area (Å²) >= 11 is 0. The lowest BCUT2D eigenvalue weighted by molar-refractivity contribution is 0.0686. The van der Waals surface area contributed by atoms with Crippen molar-refractivity contribution >= 4 is 11.9 Å². The molecule has 4 aromatic carbocycles. The van der Waals surface area contributed by atoms with Gasteiger partial charge in [-0.05, 0) is 70.0 Å². The van der Waals surface area contributed by atoms with Crippen molar-refractivity contribution in [2.75, 3.05) is 0 Å². The Balaban J connectivity index is 0.000000236. The summed E-state index contributed by atoms with van der Waals surface area (Å²) in [5.41, 5.74) is 6.79. The van der Waals surface area contributed by atoms with E-state index in [4.69, 9.17) is 10.2 Å². The molecule has 0 amide bonds. The highest BCUT2D eigenvalue weighted by molar-refractivity contribution is 5.88. The first-order chi connectivity index (χ1) is 16.6. The Kier molecular flexibility index (Phi) is 12.9. The van der Waals surface area contributed by atoms with Crippen LogP contribution >= 0.6 is 0 Å². The minimum atomic E-state index is -0.875. The SMILES string of the molecule is Cc1ccc(C(=O)O)cc1.Cc1cccc(C(=O)O)c1.Cc1ccccc1.Cc1ccccc1C. The number of benzene rings is 4. The van der Waals surface area contributed by atoms with Crippen LogP contribution in [-0.4, -0.2) is 22.2 Å². The van der Waals surface area contributed by atoms with Gasteiger partial charge in [-0.1, -0.05) is 95.6 Å².